The molecule has 0 radical (unpaired) electrons. The third kappa shape index (κ3) is 3.85. The molecule has 4 rings (SSSR count). The Balaban J connectivity index is 1.51. The molecule has 0 spiro atoms. The summed E-state index contributed by atoms with van der Waals surface area (Å²) >= 11 is 0. The second kappa shape index (κ2) is 7.96. The summed E-state index contributed by atoms with van der Waals surface area (Å²) in [6.45, 7) is 2.09. The molecule has 2 aliphatic carbocycles. The molecule has 27 heavy (non-hydrogen) atoms. The third-order valence-electron chi connectivity index (χ3n) is 6.54. The van der Waals surface area contributed by atoms with Crippen LogP contribution in [0.3, 0.4) is 0 Å². The van der Waals surface area contributed by atoms with Crippen molar-refractivity contribution in [3.63, 3.8) is 0 Å². The molecular weight excluding hydrogens is 338 g/mol. The number of allylic oxidation sites excluding steroid dienone is 2. The van der Waals surface area contributed by atoms with Gasteiger partial charge in [-0.1, -0.05) is 30.4 Å². The number of benzene rings is 2. The van der Waals surface area contributed by atoms with Gasteiger partial charge in [0.15, 0.2) is 11.6 Å². The van der Waals surface area contributed by atoms with Crippen molar-refractivity contribution >= 4 is 0 Å². The van der Waals surface area contributed by atoms with Gasteiger partial charge in [0.1, 0.15) is 0 Å². The summed E-state index contributed by atoms with van der Waals surface area (Å²) < 4.78 is 26.9. The monoisotopic (exact) mass is 366 g/mol. The Morgan fingerprint density at radius 2 is 1.67 bits per heavy atom. The zero-order valence-corrected chi connectivity index (χ0v) is 16.1. The Bertz CT molecular complexity index is 850. The smallest absolute Gasteiger partial charge is 0.159 e. The van der Waals surface area contributed by atoms with Crippen LogP contribution >= 0.6 is 0 Å². The maximum absolute atomic E-state index is 13.6. The topological polar surface area (TPSA) is 0 Å². The van der Waals surface area contributed by atoms with Crippen LogP contribution in [0, 0.1) is 17.6 Å². The summed E-state index contributed by atoms with van der Waals surface area (Å²) in [5.41, 5.74) is 7.05. The van der Waals surface area contributed by atoms with E-state index in [0.29, 0.717) is 5.92 Å². The Morgan fingerprint density at radius 3 is 2.41 bits per heavy atom. The van der Waals surface area contributed by atoms with Crippen LogP contribution in [0.5, 0.6) is 0 Å². The number of fused-ring (bicyclic) bond motifs is 3. The lowest BCUT2D eigenvalue weighted by molar-refractivity contribution is 0.427. The molecule has 0 bridgehead atoms. The summed E-state index contributed by atoms with van der Waals surface area (Å²) in [6.07, 6.45) is 13.7. The van der Waals surface area contributed by atoms with Crippen LogP contribution < -0.4 is 0 Å². The predicted molar refractivity (Wildman–Crippen MR) is 107 cm³/mol. The molecule has 2 heteroatoms. The summed E-state index contributed by atoms with van der Waals surface area (Å²) in [7, 11) is 0. The van der Waals surface area contributed by atoms with Gasteiger partial charge in [-0.25, -0.2) is 8.78 Å². The van der Waals surface area contributed by atoms with E-state index >= 15 is 0 Å². The van der Waals surface area contributed by atoms with Crippen molar-refractivity contribution in [1.82, 2.24) is 0 Å². The first kappa shape index (κ1) is 18.4. The first-order valence-corrected chi connectivity index (χ1v) is 10.3. The molecule has 2 atom stereocenters. The SMILES string of the molecule is CC=CCC[C@H]1CCc2c(ccc3c2CC[C@H](c2ccc(F)c(F)c2)C3)C1. The first-order valence-electron chi connectivity index (χ1n) is 10.3. The minimum Gasteiger partial charge on any atom is -0.204 e. The quantitative estimate of drug-likeness (QED) is 0.528. The number of hydrogen-bond acceptors (Lipinski definition) is 0. The predicted octanol–water partition coefficient (Wildman–Crippen LogP) is 6.70. The highest BCUT2D eigenvalue weighted by Crippen LogP contribution is 2.39. The van der Waals surface area contributed by atoms with Gasteiger partial charge < -0.3 is 0 Å². The van der Waals surface area contributed by atoms with Crippen LogP contribution in [-0.4, -0.2) is 0 Å². The van der Waals surface area contributed by atoms with Gasteiger partial charge in [0.05, 0.1) is 0 Å². The molecule has 2 aliphatic rings. The van der Waals surface area contributed by atoms with Gasteiger partial charge in [0, 0.05) is 0 Å². The van der Waals surface area contributed by atoms with Crippen molar-refractivity contribution in [2.75, 3.05) is 0 Å². The highest BCUT2D eigenvalue weighted by atomic mass is 19.2. The zero-order valence-electron chi connectivity index (χ0n) is 16.1. The Morgan fingerprint density at radius 1 is 0.926 bits per heavy atom. The molecule has 0 saturated carbocycles. The van der Waals surface area contributed by atoms with Crippen molar-refractivity contribution in [2.45, 2.75) is 64.2 Å². The molecule has 0 N–H and O–H groups in total. The largest absolute Gasteiger partial charge is 0.204 e. The maximum Gasteiger partial charge on any atom is 0.159 e. The fourth-order valence-corrected chi connectivity index (χ4v) is 5.04. The molecule has 0 amide bonds. The average Bonchev–Trinajstić information content (AvgIpc) is 2.69. The first-order chi connectivity index (χ1) is 13.2. The Hall–Kier alpha value is -1.96. The zero-order chi connectivity index (χ0) is 18.8. The Labute approximate surface area is 161 Å². The van der Waals surface area contributed by atoms with E-state index in [2.05, 4.69) is 31.2 Å². The van der Waals surface area contributed by atoms with E-state index in [0.717, 1.165) is 30.7 Å². The molecule has 0 saturated heterocycles. The molecule has 0 unspecified atom stereocenters. The van der Waals surface area contributed by atoms with Gasteiger partial charge in [-0.05, 0) is 110 Å². The Kier molecular flexibility index (Phi) is 5.43. The standard InChI is InChI=1S/C25H28F2/c1-2-3-4-5-17-6-11-22-20(14-17)7-8-21-15-18(9-12-23(21)22)19-10-13-24(26)25(27)16-19/h2-3,7-8,10,13,16-18H,4-6,9,11-12,14-15H2,1H3/t17-,18-/m0/s1. The second-order valence-corrected chi connectivity index (χ2v) is 8.21. The van der Waals surface area contributed by atoms with Crippen LogP contribution in [0.1, 0.15) is 66.3 Å². The van der Waals surface area contributed by atoms with Crippen molar-refractivity contribution in [3.05, 3.63) is 81.9 Å². The van der Waals surface area contributed by atoms with Gasteiger partial charge in [-0.15, -0.1) is 0 Å². The van der Waals surface area contributed by atoms with E-state index in [1.54, 1.807) is 22.8 Å². The third-order valence-corrected chi connectivity index (χ3v) is 6.54. The minimum absolute atomic E-state index is 0.294. The fourth-order valence-electron chi connectivity index (χ4n) is 5.04. The van der Waals surface area contributed by atoms with Crippen molar-refractivity contribution < 1.29 is 8.78 Å². The second-order valence-electron chi connectivity index (χ2n) is 8.21. The summed E-state index contributed by atoms with van der Waals surface area (Å²) in [5.74, 6) is -0.381. The van der Waals surface area contributed by atoms with Gasteiger partial charge in [-0.2, -0.15) is 0 Å². The number of rotatable bonds is 4. The van der Waals surface area contributed by atoms with Crippen LogP contribution in [0.2, 0.25) is 0 Å². The van der Waals surface area contributed by atoms with Crippen LogP contribution in [0.4, 0.5) is 8.78 Å². The van der Waals surface area contributed by atoms with Crippen LogP contribution in [0.15, 0.2) is 42.5 Å². The van der Waals surface area contributed by atoms with E-state index in [1.165, 1.54) is 49.8 Å². The van der Waals surface area contributed by atoms with Gasteiger partial charge >= 0.3 is 0 Å². The van der Waals surface area contributed by atoms with Crippen molar-refractivity contribution in [3.8, 4) is 0 Å². The molecule has 0 fully saturated rings. The lowest BCUT2D eigenvalue weighted by atomic mass is 9.73. The van der Waals surface area contributed by atoms with Crippen molar-refractivity contribution in [2.24, 2.45) is 5.92 Å². The molecular formula is C25H28F2. The van der Waals surface area contributed by atoms with Crippen molar-refractivity contribution in [1.29, 1.82) is 0 Å². The summed E-state index contributed by atoms with van der Waals surface area (Å²) in [5, 5.41) is 0. The summed E-state index contributed by atoms with van der Waals surface area (Å²) in [6, 6.07) is 9.04. The fraction of sp³-hybridized carbons (Fsp3) is 0.440. The lowest BCUT2D eigenvalue weighted by Crippen LogP contribution is -2.20. The van der Waals surface area contributed by atoms with E-state index in [9.17, 15) is 8.78 Å². The normalized spacial score (nSPS) is 21.9. The maximum atomic E-state index is 13.6. The van der Waals surface area contributed by atoms with E-state index in [4.69, 9.17) is 0 Å². The lowest BCUT2D eigenvalue weighted by Gasteiger charge is -2.32. The highest BCUT2D eigenvalue weighted by Gasteiger charge is 2.27. The highest BCUT2D eigenvalue weighted by molar-refractivity contribution is 5.45. The minimum atomic E-state index is -0.756. The molecule has 0 aromatic heterocycles. The molecule has 0 aliphatic heterocycles. The molecule has 2 aromatic rings. The van der Waals surface area contributed by atoms with Gasteiger partial charge in [0.25, 0.3) is 0 Å². The molecule has 0 heterocycles. The molecule has 0 nitrogen and oxygen atoms in total. The van der Waals surface area contributed by atoms with Crippen LogP contribution in [-0.2, 0) is 25.7 Å². The average molecular weight is 366 g/mol. The van der Waals surface area contributed by atoms with E-state index in [-0.39, 0.29) is 0 Å². The summed E-state index contributed by atoms with van der Waals surface area (Å²) in [4.78, 5) is 0. The van der Waals surface area contributed by atoms with E-state index < -0.39 is 11.6 Å². The van der Waals surface area contributed by atoms with Gasteiger partial charge in [0.2, 0.25) is 0 Å². The van der Waals surface area contributed by atoms with Crippen LogP contribution in [0.25, 0.3) is 0 Å². The molecule has 2 aromatic carbocycles. The molecule has 142 valence electrons. The number of halogens is 2. The number of hydrogen-bond donors (Lipinski definition) is 0. The van der Waals surface area contributed by atoms with E-state index in [1.807, 2.05) is 0 Å². The van der Waals surface area contributed by atoms with Gasteiger partial charge in [-0.3, -0.25) is 0 Å².